The fraction of sp³-hybridized carbons (Fsp3) is 0.477. The summed E-state index contributed by atoms with van der Waals surface area (Å²) < 4.78 is 5.63. The molecule has 3 aliphatic heterocycles. The molecule has 0 saturated carbocycles. The number of imide groups is 2. The molecule has 2 aromatic carbocycles. The molecule has 324 valence electrons. The number of carbonyl (C=O) groups excluding carboxylic acids is 8. The zero-order chi connectivity index (χ0) is 43.3. The number of aryl methyl sites for hydroxylation is 1. The molecule has 3 aromatic rings. The Kier molecular flexibility index (Phi) is 15.7. The number of unbranched alkanes of at least 4 members (excludes halogenated alkanes) is 7. The number of ether oxygens (including phenoxy) is 1. The number of likely N-dealkylation sites (tertiary alicyclic amines) is 1. The lowest BCUT2D eigenvalue weighted by atomic mass is 10.0. The quantitative estimate of drug-likeness (QED) is 0.0895. The van der Waals surface area contributed by atoms with Gasteiger partial charge in [-0.2, -0.15) is 0 Å². The van der Waals surface area contributed by atoms with E-state index in [4.69, 9.17) is 4.74 Å². The minimum absolute atomic E-state index is 0.00688. The highest BCUT2D eigenvalue weighted by Gasteiger charge is 2.46. The Morgan fingerprint density at radius 1 is 0.852 bits per heavy atom. The third kappa shape index (κ3) is 11.7. The van der Waals surface area contributed by atoms with Crippen molar-refractivity contribution in [3.05, 3.63) is 70.4 Å². The van der Waals surface area contributed by atoms with E-state index in [0.29, 0.717) is 32.5 Å². The Morgan fingerprint density at radius 2 is 1.59 bits per heavy atom. The first-order valence-electron chi connectivity index (χ1n) is 21.1. The average Bonchev–Trinajstić information content (AvgIpc) is 3.99. The monoisotopic (exact) mass is 855 g/mol. The van der Waals surface area contributed by atoms with Crippen molar-refractivity contribution < 1.29 is 43.1 Å². The Morgan fingerprint density at radius 3 is 2.31 bits per heavy atom. The van der Waals surface area contributed by atoms with Crippen LogP contribution >= 0.6 is 11.3 Å². The van der Waals surface area contributed by atoms with Crippen molar-refractivity contribution in [2.45, 2.75) is 109 Å². The minimum Gasteiger partial charge on any atom is -0.483 e. The number of hydrogen-bond donors (Lipinski definition) is 4. The van der Waals surface area contributed by atoms with Crippen molar-refractivity contribution in [1.29, 1.82) is 0 Å². The van der Waals surface area contributed by atoms with Crippen LogP contribution in [0.1, 0.15) is 115 Å². The summed E-state index contributed by atoms with van der Waals surface area (Å²) in [4.78, 5) is 109. The molecule has 2 fully saturated rings. The molecule has 1 aromatic heterocycles. The summed E-state index contributed by atoms with van der Waals surface area (Å²) in [6, 6.07) is 10.9. The molecule has 0 aliphatic carbocycles. The third-order valence-corrected chi connectivity index (χ3v) is 12.2. The first-order valence-corrected chi connectivity index (χ1v) is 22.0. The van der Waals surface area contributed by atoms with E-state index in [1.54, 1.807) is 16.2 Å². The maximum atomic E-state index is 13.2. The smallest absolute Gasteiger partial charge is 0.266 e. The van der Waals surface area contributed by atoms with Crippen LogP contribution in [0.15, 0.2) is 48.0 Å². The molecule has 0 radical (unpaired) electrons. The average molecular weight is 856 g/mol. The number of piperidine rings is 1. The Bertz CT molecular complexity index is 2120. The Hall–Kier alpha value is -5.97. The Labute approximate surface area is 358 Å². The summed E-state index contributed by atoms with van der Waals surface area (Å²) in [7, 11) is 0. The number of hydrogen-bond acceptors (Lipinski definition) is 11. The van der Waals surface area contributed by atoms with Crippen LogP contribution in [0.3, 0.4) is 0 Å². The molecule has 6 rings (SSSR count). The summed E-state index contributed by atoms with van der Waals surface area (Å²) in [6.07, 6.45) is 9.10. The number of fused-ring (bicyclic) bond motifs is 1. The van der Waals surface area contributed by atoms with Gasteiger partial charge in [-0.15, -0.1) is 11.3 Å². The lowest BCUT2D eigenvalue weighted by Gasteiger charge is -2.27. The van der Waals surface area contributed by atoms with Crippen LogP contribution in [0.5, 0.6) is 5.75 Å². The van der Waals surface area contributed by atoms with Gasteiger partial charge in [0.2, 0.25) is 29.5 Å². The van der Waals surface area contributed by atoms with Crippen LogP contribution in [0, 0.1) is 6.92 Å². The van der Waals surface area contributed by atoms with E-state index in [1.165, 1.54) is 18.2 Å². The van der Waals surface area contributed by atoms with E-state index in [1.807, 2.05) is 36.7 Å². The SMILES string of the molecule is Cc1ncsc1-c1ccc(CNC(=O)[C@@H]2CCCN2C(=O)CNC(=O)CCCCCCCCCCNC(=O)COc2cccc3c2C(=O)N(C2CCC(=O)NC2=O)C3=O)cc1. The molecule has 8 amide bonds. The number of thiazole rings is 1. The van der Waals surface area contributed by atoms with E-state index >= 15 is 0 Å². The lowest BCUT2D eigenvalue weighted by Crippen LogP contribution is -2.54. The predicted octanol–water partition coefficient (Wildman–Crippen LogP) is 3.95. The molecular formula is C44H53N7O9S. The molecule has 17 heteroatoms. The van der Waals surface area contributed by atoms with Crippen LogP contribution in [0.4, 0.5) is 0 Å². The van der Waals surface area contributed by atoms with Crippen molar-refractivity contribution >= 4 is 58.6 Å². The maximum absolute atomic E-state index is 13.2. The van der Waals surface area contributed by atoms with Crippen LogP contribution in [0.2, 0.25) is 0 Å². The summed E-state index contributed by atoms with van der Waals surface area (Å²) >= 11 is 1.59. The van der Waals surface area contributed by atoms with Gasteiger partial charge in [-0.3, -0.25) is 48.6 Å². The molecule has 61 heavy (non-hydrogen) atoms. The molecule has 3 aliphatic rings. The van der Waals surface area contributed by atoms with Crippen LogP contribution in [-0.2, 0) is 35.3 Å². The first-order chi connectivity index (χ1) is 29.5. The molecular weight excluding hydrogens is 803 g/mol. The number of aromatic nitrogens is 1. The zero-order valence-electron chi connectivity index (χ0n) is 34.4. The summed E-state index contributed by atoms with van der Waals surface area (Å²) in [5.74, 6) is -3.42. The van der Waals surface area contributed by atoms with Gasteiger partial charge in [0.15, 0.2) is 6.61 Å². The highest BCUT2D eigenvalue weighted by atomic mass is 32.1. The third-order valence-electron chi connectivity index (χ3n) is 11.2. The number of rotatable bonds is 21. The summed E-state index contributed by atoms with van der Waals surface area (Å²) in [6.45, 7) is 2.81. The van der Waals surface area contributed by atoms with Gasteiger partial charge in [-0.1, -0.05) is 68.9 Å². The van der Waals surface area contributed by atoms with Gasteiger partial charge < -0.3 is 25.6 Å². The predicted molar refractivity (Wildman–Crippen MR) is 225 cm³/mol. The Balaban J connectivity index is 0.769. The largest absolute Gasteiger partial charge is 0.483 e. The van der Waals surface area contributed by atoms with Gasteiger partial charge in [0.25, 0.3) is 17.7 Å². The maximum Gasteiger partial charge on any atom is 0.266 e. The molecule has 0 spiro atoms. The van der Waals surface area contributed by atoms with Gasteiger partial charge in [-0.05, 0) is 62.3 Å². The number of carbonyl (C=O) groups is 8. The van der Waals surface area contributed by atoms with Gasteiger partial charge in [0.05, 0.1) is 33.8 Å². The summed E-state index contributed by atoms with van der Waals surface area (Å²) in [5.41, 5.74) is 4.93. The van der Waals surface area contributed by atoms with Crippen LogP contribution in [0.25, 0.3) is 10.4 Å². The van der Waals surface area contributed by atoms with E-state index in [0.717, 1.165) is 84.4 Å². The van der Waals surface area contributed by atoms with Crippen molar-refractivity contribution in [2.24, 2.45) is 0 Å². The second kappa shape index (κ2) is 21.5. The highest BCUT2D eigenvalue weighted by molar-refractivity contribution is 7.13. The molecule has 16 nitrogen and oxygen atoms in total. The van der Waals surface area contributed by atoms with E-state index < -0.39 is 35.7 Å². The standard InChI is InChI=1S/C44H53N7O9S/c1-28-40(61-27-48-28)30-18-16-29(17-19-30)24-47-41(56)32-13-11-23-50(32)38(55)25-46-35(52)15-8-6-4-2-3-5-7-9-22-45-37(54)26-60-34-14-10-12-31-39(34)44(59)51(43(31)58)33-20-21-36(53)49-42(33)57/h10,12,14,16-19,27,32-33H,2-9,11,13,15,20-26H2,1H3,(H,45,54)(H,46,52)(H,47,56)(H,49,53,57)/t32-,33?/m0/s1. The lowest BCUT2D eigenvalue weighted by molar-refractivity contribution is -0.138. The van der Waals surface area contributed by atoms with E-state index in [2.05, 4.69) is 26.3 Å². The molecule has 4 heterocycles. The second-order valence-corrected chi connectivity index (χ2v) is 16.4. The van der Waals surface area contributed by atoms with Crippen LogP contribution in [-0.4, -0.2) is 100 Å². The molecule has 1 unspecified atom stereocenters. The molecule has 2 atom stereocenters. The highest BCUT2D eigenvalue weighted by Crippen LogP contribution is 2.34. The van der Waals surface area contributed by atoms with Crippen molar-refractivity contribution in [2.75, 3.05) is 26.2 Å². The van der Waals surface area contributed by atoms with Gasteiger partial charge in [-0.25, -0.2) is 4.98 Å². The first kappa shape index (κ1) is 44.6. The fourth-order valence-electron chi connectivity index (χ4n) is 7.86. The van der Waals surface area contributed by atoms with Gasteiger partial charge >= 0.3 is 0 Å². The normalized spacial score (nSPS) is 17.3. The number of amides is 8. The van der Waals surface area contributed by atoms with Crippen molar-refractivity contribution in [3.8, 4) is 16.2 Å². The second-order valence-electron chi connectivity index (χ2n) is 15.5. The zero-order valence-corrected chi connectivity index (χ0v) is 35.2. The molecule has 0 bridgehead atoms. The topological polar surface area (TPSA) is 213 Å². The number of nitrogens with zero attached hydrogens (tertiary/aromatic N) is 3. The van der Waals surface area contributed by atoms with Gasteiger partial charge in [0.1, 0.15) is 17.8 Å². The van der Waals surface area contributed by atoms with E-state index in [-0.39, 0.29) is 66.5 Å². The summed E-state index contributed by atoms with van der Waals surface area (Å²) in [5, 5.41) is 10.7. The van der Waals surface area contributed by atoms with Crippen molar-refractivity contribution in [3.63, 3.8) is 0 Å². The van der Waals surface area contributed by atoms with E-state index in [9.17, 15) is 38.4 Å². The minimum atomic E-state index is -1.09. The number of nitrogens with one attached hydrogen (secondary N) is 4. The van der Waals surface area contributed by atoms with Crippen molar-refractivity contribution in [1.82, 2.24) is 36.1 Å². The molecule has 4 N–H and O–H groups in total. The number of benzene rings is 2. The van der Waals surface area contributed by atoms with Gasteiger partial charge in [0, 0.05) is 32.5 Å². The fourth-order valence-corrected chi connectivity index (χ4v) is 8.67. The molecule has 2 saturated heterocycles. The van der Waals surface area contributed by atoms with Crippen LogP contribution < -0.4 is 26.0 Å².